The zero-order valence-corrected chi connectivity index (χ0v) is 9.50. The zero-order chi connectivity index (χ0) is 10.1. The molecule has 0 heterocycles. The topological polar surface area (TPSA) is 26.3 Å². The highest BCUT2D eigenvalue weighted by atomic mass is 79.9. The van der Waals surface area contributed by atoms with Gasteiger partial charge in [0.2, 0.25) is 0 Å². The third kappa shape index (κ3) is 2.15. The highest BCUT2D eigenvalue weighted by Gasteiger charge is 2.24. The third-order valence-electron chi connectivity index (χ3n) is 2.26. The van der Waals surface area contributed by atoms with E-state index in [-0.39, 0.29) is 5.97 Å². The number of ether oxygens (including phenoxy) is 1. The number of hydrogen-bond acceptors (Lipinski definition) is 2. The van der Waals surface area contributed by atoms with Crippen molar-refractivity contribution in [3.63, 3.8) is 0 Å². The Kier molecular flexibility index (Phi) is 2.59. The molecule has 2 rings (SSSR count). The minimum absolute atomic E-state index is 0.287. The highest BCUT2D eigenvalue weighted by molar-refractivity contribution is 9.10. The van der Waals surface area contributed by atoms with Crippen molar-refractivity contribution in [1.29, 1.82) is 0 Å². The predicted molar refractivity (Wildman–Crippen MR) is 57.4 cm³/mol. The minimum atomic E-state index is -0.287. The Labute approximate surface area is 91.4 Å². The summed E-state index contributed by atoms with van der Waals surface area (Å²) in [5.41, 5.74) is 1.33. The van der Waals surface area contributed by atoms with E-state index < -0.39 is 0 Å². The number of halogens is 1. The molecule has 1 saturated carbocycles. The second-order valence-electron chi connectivity index (χ2n) is 3.56. The number of carbonyl (C=O) groups excluding carboxylic acids is 1. The number of benzene rings is 1. The van der Waals surface area contributed by atoms with E-state index in [9.17, 15) is 4.79 Å². The summed E-state index contributed by atoms with van der Waals surface area (Å²) in [4.78, 5) is 10.8. The number of esters is 1. The molecule has 0 N–H and O–H groups in total. The molecule has 0 atom stereocenters. The van der Waals surface area contributed by atoms with Crippen molar-refractivity contribution in [2.75, 3.05) is 0 Å². The van der Waals surface area contributed by atoms with Crippen LogP contribution in [0.25, 0.3) is 0 Å². The monoisotopic (exact) mass is 254 g/mol. The van der Waals surface area contributed by atoms with E-state index in [1.807, 2.05) is 18.2 Å². The van der Waals surface area contributed by atoms with Crippen LogP contribution in [0.4, 0.5) is 0 Å². The van der Waals surface area contributed by atoms with Crippen LogP contribution in [0.2, 0.25) is 0 Å². The fourth-order valence-corrected chi connectivity index (χ4v) is 1.90. The van der Waals surface area contributed by atoms with Gasteiger partial charge in [-0.15, -0.1) is 0 Å². The maximum atomic E-state index is 10.8. The molecule has 0 bridgehead atoms. The summed E-state index contributed by atoms with van der Waals surface area (Å²) in [7, 11) is 0. The van der Waals surface area contributed by atoms with Gasteiger partial charge in [-0.05, 0) is 52.4 Å². The SMILES string of the molecule is CC(=O)Oc1ccc(C2CC2)cc1Br. The molecule has 3 heteroatoms. The lowest BCUT2D eigenvalue weighted by Crippen LogP contribution is -2.01. The molecule has 0 unspecified atom stereocenters. The first-order chi connectivity index (χ1) is 6.66. The van der Waals surface area contributed by atoms with Crippen LogP contribution in [0.1, 0.15) is 31.2 Å². The van der Waals surface area contributed by atoms with E-state index in [0.717, 1.165) is 10.4 Å². The summed E-state index contributed by atoms with van der Waals surface area (Å²) in [6, 6.07) is 5.91. The van der Waals surface area contributed by atoms with Crippen molar-refractivity contribution in [2.24, 2.45) is 0 Å². The lowest BCUT2D eigenvalue weighted by Gasteiger charge is -2.05. The van der Waals surface area contributed by atoms with E-state index >= 15 is 0 Å². The van der Waals surface area contributed by atoms with Gasteiger partial charge >= 0.3 is 5.97 Å². The summed E-state index contributed by atoms with van der Waals surface area (Å²) in [5, 5.41) is 0. The van der Waals surface area contributed by atoms with Gasteiger partial charge in [0, 0.05) is 6.92 Å². The molecule has 0 saturated heterocycles. The Balaban J connectivity index is 2.21. The van der Waals surface area contributed by atoms with Gasteiger partial charge in [0.05, 0.1) is 4.47 Å². The van der Waals surface area contributed by atoms with Crippen molar-refractivity contribution in [3.8, 4) is 5.75 Å². The van der Waals surface area contributed by atoms with Gasteiger partial charge in [0.15, 0.2) is 0 Å². The van der Waals surface area contributed by atoms with Gasteiger partial charge in [-0.2, -0.15) is 0 Å². The molecular formula is C11H11BrO2. The maximum Gasteiger partial charge on any atom is 0.308 e. The second kappa shape index (κ2) is 3.73. The lowest BCUT2D eigenvalue weighted by atomic mass is 10.1. The Hall–Kier alpha value is -0.830. The molecule has 74 valence electrons. The van der Waals surface area contributed by atoms with Crippen molar-refractivity contribution >= 4 is 21.9 Å². The summed E-state index contributed by atoms with van der Waals surface area (Å²) in [6.07, 6.45) is 2.55. The largest absolute Gasteiger partial charge is 0.426 e. The molecule has 0 aliphatic heterocycles. The van der Waals surface area contributed by atoms with Crippen molar-refractivity contribution in [3.05, 3.63) is 28.2 Å². The Morgan fingerprint density at radius 2 is 2.21 bits per heavy atom. The molecular weight excluding hydrogens is 244 g/mol. The van der Waals surface area contributed by atoms with Crippen molar-refractivity contribution < 1.29 is 9.53 Å². The first kappa shape index (κ1) is 9.71. The van der Waals surface area contributed by atoms with E-state index in [0.29, 0.717) is 5.75 Å². The molecule has 1 aliphatic carbocycles. The zero-order valence-electron chi connectivity index (χ0n) is 7.92. The van der Waals surface area contributed by atoms with Crippen LogP contribution >= 0.6 is 15.9 Å². The van der Waals surface area contributed by atoms with Gasteiger partial charge in [-0.3, -0.25) is 4.79 Å². The summed E-state index contributed by atoms with van der Waals surface area (Å²) >= 11 is 3.39. The number of rotatable bonds is 2. The average Bonchev–Trinajstić information content (AvgIpc) is 2.90. The predicted octanol–water partition coefficient (Wildman–Crippen LogP) is 3.25. The quantitative estimate of drug-likeness (QED) is 0.599. The summed E-state index contributed by atoms with van der Waals surface area (Å²) < 4.78 is 5.87. The molecule has 0 radical (unpaired) electrons. The molecule has 0 spiro atoms. The summed E-state index contributed by atoms with van der Waals surface area (Å²) in [6.45, 7) is 1.40. The highest BCUT2D eigenvalue weighted by Crippen LogP contribution is 2.42. The van der Waals surface area contributed by atoms with Gasteiger partial charge in [-0.1, -0.05) is 6.07 Å². The van der Waals surface area contributed by atoms with E-state index in [1.54, 1.807) is 0 Å². The van der Waals surface area contributed by atoms with Crippen LogP contribution in [0.5, 0.6) is 5.75 Å². The first-order valence-corrected chi connectivity index (χ1v) is 5.44. The second-order valence-corrected chi connectivity index (χ2v) is 4.41. The van der Waals surface area contributed by atoms with Gasteiger partial charge in [-0.25, -0.2) is 0 Å². The van der Waals surface area contributed by atoms with E-state index in [4.69, 9.17) is 4.74 Å². The van der Waals surface area contributed by atoms with E-state index in [2.05, 4.69) is 15.9 Å². The number of carbonyl (C=O) groups is 1. The van der Waals surface area contributed by atoms with E-state index in [1.165, 1.54) is 25.3 Å². The van der Waals surface area contributed by atoms with Gasteiger partial charge < -0.3 is 4.74 Å². The van der Waals surface area contributed by atoms with Crippen molar-refractivity contribution in [1.82, 2.24) is 0 Å². The smallest absolute Gasteiger partial charge is 0.308 e. The molecule has 14 heavy (non-hydrogen) atoms. The van der Waals surface area contributed by atoms with Gasteiger partial charge in [0.25, 0.3) is 0 Å². The van der Waals surface area contributed by atoms with Crippen LogP contribution < -0.4 is 4.74 Å². The average molecular weight is 255 g/mol. The van der Waals surface area contributed by atoms with Crippen LogP contribution in [0.15, 0.2) is 22.7 Å². The number of hydrogen-bond donors (Lipinski definition) is 0. The fourth-order valence-electron chi connectivity index (χ4n) is 1.43. The van der Waals surface area contributed by atoms with Crippen LogP contribution in [-0.2, 0) is 4.79 Å². The molecule has 1 fully saturated rings. The van der Waals surface area contributed by atoms with Gasteiger partial charge in [0.1, 0.15) is 5.75 Å². The van der Waals surface area contributed by atoms with Crippen LogP contribution in [0, 0.1) is 0 Å². The van der Waals surface area contributed by atoms with Crippen LogP contribution in [-0.4, -0.2) is 5.97 Å². The molecule has 1 aromatic rings. The maximum absolute atomic E-state index is 10.8. The molecule has 0 amide bonds. The Morgan fingerprint density at radius 3 is 2.71 bits per heavy atom. The molecule has 0 aromatic heterocycles. The fraction of sp³-hybridized carbons (Fsp3) is 0.364. The molecule has 1 aromatic carbocycles. The first-order valence-electron chi connectivity index (χ1n) is 4.64. The Morgan fingerprint density at radius 1 is 1.50 bits per heavy atom. The Bertz CT molecular complexity index is 370. The van der Waals surface area contributed by atoms with Crippen LogP contribution in [0.3, 0.4) is 0 Å². The molecule has 1 aliphatic rings. The van der Waals surface area contributed by atoms with Crippen molar-refractivity contribution in [2.45, 2.75) is 25.7 Å². The minimum Gasteiger partial charge on any atom is -0.426 e. The summed E-state index contributed by atoms with van der Waals surface area (Å²) in [5.74, 6) is 1.03. The lowest BCUT2D eigenvalue weighted by molar-refractivity contribution is -0.131. The normalized spacial score (nSPS) is 15.3. The third-order valence-corrected chi connectivity index (χ3v) is 2.88. The molecule has 2 nitrogen and oxygen atoms in total. The standard InChI is InChI=1S/C11H11BrO2/c1-7(13)14-11-5-4-9(6-10(11)12)8-2-3-8/h4-6,8H,2-3H2,1H3.